The molecule has 0 fully saturated rings. The smallest absolute Gasteiger partial charge is 0.416 e. The summed E-state index contributed by atoms with van der Waals surface area (Å²) in [4.78, 5) is 23.6. The highest BCUT2D eigenvalue weighted by molar-refractivity contribution is 6.36. The van der Waals surface area contributed by atoms with Gasteiger partial charge in [-0.15, -0.1) is 0 Å². The lowest BCUT2D eigenvalue weighted by Crippen LogP contribution is -2.14. The number of nitrogens with zero attached hydrogens (tertiary/aromatic N) is 1. The Kier molecular flexibility index (Phi) is 8.25. The first-order valence-electron chi connectivity index (χ1n) is 10.0. The molecule has 36 heavy (non-hydrogen) atoms. The molecule has 11 heteroatoms. The van der Waals surface area contributed by atoms with E-state index in [2.05, 4.69) is 5.32 Å². The van der Waals surface area contributed by atoms with Gasteiger partial charge in [0.1, 0.15) is 24.0 Å². The standard InChI is InChI=1S/C25H15Cl2F3N2O4/c26-19-9-16(22(21(27)11-19)36-13-14-4-6-15(7-5-14)24(34)35)8-17(12-31)23(33)32-20-3-1-2-18(10-20)25(28,29)30/h1-11H,13H2,(H,32,33)(H,34,35)/b17-8+. The van der Waals surface area contributed by atoms with Gasteiger partial charge in [0.25, 0.3) is 5.91 Å². The molecule has 0 bridgehead atoms. The Morgan fingerprint density at radius 1 is 1.08 bits per heavy atom. The first-order chi connectivity index (χ1) is 17.0. The number of carbonyl (C=O) groups is 2. The van der Waals surface area contributed by atoms with Gasteiger partial charge in [-0.05, 0) is 54.1 Å². The lowest BCUT2D eigenvalue weighted by Gasteiger charge is -2.13. The summed E-state index contributed by atoms with van der Waals surface area (Å²) in [5, 5.41) is 21.0. The average Bonchev–Trinajstić information content (AvgIpc) is 2.81. The number of nitrogens with one attached hydrogen (secondary N) is 1. The second kappa shape index (κ2) is 11.2. The van der Waals surface area contributed by atoms with Crippen LogP contribution in [0.3, 0.4) is 0 Å². The molecule has 0 aliphatic heterocycles. The lowest BCUT2D eigenvalue weighted by atomic mass is 10.1. The van der Waals surface area contributed by atoms with Crippen LogP contribution in [0.2, 0.25) is 10.0 Å². The van der Waals surface area contributed by atoms with Crippen LogP contribution in [-0.4, -0.2) is 17.0 Å². The van der Waals surface area contributed by atoms with Gasteiger partial charge in [-0.3, -0.25) is 4.79 Å². The Morgan fingerprint density at radius 2 is 1.78 bits per heavy atom. The number of carboxylic acids is 1. The van der Waals surface area contributed by atoms with Crippen molar-refractivity contribution in [1.82, 2.24) is 0 Å². The molecule has 0 unspecified atom stereocenters. The topological polar surface area (TPSA) is 99.4 Å². The molecular weight excluding hydrogens is 520 g/mol. The summed E-state index contributed by atoms with van der Waals surface area (Å²) in [6.07, 6.45) is -3.46. The fourth-order valence-corrected chi connectivity index (χ4v) is 3.58. The maximum Gasteiger partial charge on any atom is 0.416 e. The monoisotopic (exact) mass is 534 g/mol. The first-order valence-corrected chi connectivity index (χ1v) is 10.8. The Morgan fingerprint density at radius 3 is 2.39 bits per heavy atom. The normalized spacial score (nSPS) is 11.5. The van der Waals surface area contributed by atoms with Crippen molar-refractivity contribution in [2.24, 2.45) is 0 Å². The van der Waals surface area contributed by atoms with E-state index >= 15 is 0 Å². The minimum atomic E-state index is -4.60. The molecule has 3 aromatic carbocycles. The van der Waals surface area contributed by atoms with Crippen LogP contribution < -0.4 is 10.1 Å². The molecule has 3 rings (SSSR count). The molecule has 2 N–H and O–H groups in total. The van der Waals surface area contributed by atoms with E-state index in [0.717, 1.165) is 24.3 Å². The number of benzene rings is 3. The van der Waals surface area contributed by atoms with E-state index in [1.165, 1.54) is 30.3 Å². The molecule has 0 aliphatic rings. The second-order valence-electron chi connectivity index (χ2n) is 7.30. The molecular formula is C25H15Cl2F3N2O4. The third-order valence-corrected chi connectivity index (χ3v) is 5.23. The minimum absolute atomic E-state index is 0.0274. The maximum atomic E-state index is 12.9. The molecule has 0 aromatic heterocycles. The van der Waals surface area contributed by atoms with Gasteiger partial charge in [0.2, 0.25) is 0 Å². The van der Waals surface area contributed by atoms with Crippen LogP contribution in [0.1, 0.15) is 27.0 Å². The number of carbonyl (C=O) groups excluding carboxylic acids is 1. The molecule has 1 amide bonds. The van der Waals surface area contributed by atoms with Crippen molar-refractivity contribution in [3.8, 4) is 11.8 Å². The van der Waals surface area contributed by atoms with E-state index in [1.807, 2.05) is 0 Å². The maximum absolute atomic E-state index is 12.9. The fourth-order valence-electron chi connectivity index (χ4n) is 3.01. The summed E-state index contributed by atoms with van der Waals surface area (Å²) in [5.74, 6) is -1.95. The van der Waals surface area contributed by atoms with Crippen molar-refractivity contribution in [1.29, 1.82) is 5.26 Å². The van der Waals surface area contributed by atoms with E-state index in [4.69, 9.17) is 33.0 Å². The Labute approximate surface area is 213 Å². The van der Waals surface area contributed by atoms with Gasteiger partial charge in [0.15, 0.2) is 0 Å². The van der Waals surface area contributed by atoms with Gasteiger partial charge < -0.3 is 15.2 Å². The van der Waals surface area contributed by atoms with Crippen molar-refractivity contribution in [3.05, 3.63) is 98.5 Å². The molecule has 6 nitrogen and oxygen atoms in total. The highest BCUT2D eigenvalue weighted by atomic mass is 35.5. The number of ether oxygens (including phenoxy) is 1. The van der Waals surface area contributed by atoms with E-state index < -0.39 is 29.2 Å². The summed E-state index contributed by atoms with van der Waals surface area (Å²) >= 11 is 12.3. The quantitative estimate of drug-likeness (QED) is 0.255. The lowest BCUT2D eigenvalue weighted by molar-refractivity contribution is -0.137. The van der Waals surface area contributed by atoms with Gasteiger partial charge in [-0.1, -0.05) is 41.4 Å². The van der Waals surface area contributed by atoms with Crippen LogP contribution in [0.25, 0.3) is 6.08 Å². The third-order valence-electron chi connectivity index (χ3n) is 4.73. The van der Waals surface area contributed by atoms with E-state index in [0.29, 0.717) is 5.56 Å². The second-order valence-corrected chi connectivity index (χ2v) is 8.14. The highest BCUT2D eigenvalue weighted by Crippen LogP contribution is 2.35. The number of anilines is 1. The van der Waals surface area contributed by atoms with Crippen LogP contribution >= 0.6 is 23.2 Å². The van der Waals surface area contributed by atoms with Crippen LogP contribution in [0.4, 0.5) is 18.9 Å². The molecule has 0 heterocycles. The van der Waals surface area contributed by atoms with Crippen molar-refractivity contribution in [2.45, 2.75) is 12.8 Å². The Bertz CT molecular complexity index is 1380. The summed E-state index contributed by atoms with van der Waals surface area (Å²) in [6.45, 7) is -0.0274. The third kappa shape index (κ3) is 6.78. The predicted octanol–water partition coefficient (Wildman–Crippen LogP) is 6.84. The van der Waals surface area contributed by atoms with E-state index in [9.17, 15) is 28.0 Å². The summed E-state index contributed by atoms with van der Waals surface area (Å²) in [5.41, 5.74) is -0.675. The zero-order valence-electron chi connectivity index (χ0n) is 18.1. The number of alkyl halides is 3. The zero-order chi connectivity index (χ0) is 26.5. The molecule has 0 aliphatic carbocycles. The molecule has 0 saturated heterocycles. The molecule has 0 saturated carbocycles. The van der Waals surface area contributed by atoms with Crippen LogP contribution in [0.15, 0.2) is 66.2 Å². The van der Waals surface area contributed by atoms with Crippen LogP contribution in [-0.2, 0) is 17.6 Å². The number of halogens is 5. The zero-order valence-corrected chi connectivity index (χ0v) is 19.6. The molecule has 184 valence electrons. The molecule has 0 radical (unpaired) electrons. The molecule has 3 aromatic rings. The number of aromatic carboxylic acids is 1. The van der Waals surface area contributed by atoms with Crippen LogP contribution in [0.5, 0.6) is 5.75 Å². The van der Waals surface area contributed by atoms with Crippen molar-refractivity contribution >= 4 is 46.8 Å². The Balaban J connectivity index is 1.86. The van der Waals surface area contributed by atoms with Gasteiger partial charge in [0, 0.05) is 16.3 Å². The highest BCUT2D eigenvalue weighted by Gasteiger charge is 2.30. The predicted molar refractivity (Wildman–Crippen MR) is 128 cm³/mol. The Hall–Kier alpha value is -4.00. The van der Waals surface area contributed by atoms with Gasteiger partial charge in [0.05, 0.1) is 16.1 Å². The summed E-state index contributed by atoms with van der Waals surface area (Å²) in [7, 11) is 0. The van der Waals surface area contributed by atoms with Crippen molar-refractivity contribution in [3.63, 3.8) is 0 Å². The number of hydrogen-bond acceptors (Lipinski definition) is 4. The van der Waals surface area contributed by atoms with E-state index in [-0.39, 0.29) is 39.2 Å². The number of hydrogen-bond donors (Lipinski definition) is 2. The fraction of sp³-hybridized carbons (Fsp3) is 0.0800. The summed E-state index contributed by atoms with van der Waals surface area (Å²) < 4.78 is 44.6. The first kappa shape index (κ1) is 26.6. The number of carboxylic acid groups (broad SMARTS) is 1. The van der Waals surface area contributed by atoms with Gasteiger partial charge in [-0.2, -0.15) is 18.4 Å². The van der Waals surface area contributed by atoms with Gasteiger partial charge in [-0.25, -0.2) is 4.79 Å². The van der Waals surface area contributed by atoms with Gasteiger partial charge >= 0.3 is 12.1 Å². The average molecular weight is 535 g/mol. The van der Waals surface area contributed by atoms with Crippen LogP contribution in [0, 0.1) is 11.3 Å². The minimum Gasteiger partial charge on any atom is -0.487 e. The number of amides is 1. The van der Waals surface area contributed by atoms with E-state index in [1.54, 1.807) is 18.2 Å². The van der Waals surface area contributed by atoms with Crippen molar-refractivity contribution < 1.29 is 32.6 Å². The molecule has 0 atom stereocenters. The number of rotatable bonds is 7. The summed E-state index contributed by atoms with van der Waals surface area (Å²) in [6, 6.07) is 14.3. The molecule has 0 spiro atoms. The largest absolute Gasteiger partial charge is 0.487 e. The SMILES string of the molecule is N#C/C(=C\c1cc(Cl)cc(Cl)c1OCc1ccc(C(=O)O)cc1)C(=O)Nc1cccc(C(F)(F)F)c1. The number of nitriles is 1. The van der Waals surface area contributed by atoms with Crippen molar-refractivity contribution in [2.75, 3.05) is 5.32 Å².